The second-order valence-corrected chi connectivity index (χ2v) is 5.97. The van der Waals surface area contributed by atoms with Gasteiger partial charge in [-0.05, 0) is 53.0 Å². The van der Waals surface area contributed by atoms with Crippen LogP contribution >= 0.6 is 0 Å². The number of nitro groups is 2. The van der Waals surface area contributed by atoms with E-state index in [1.54, 1.807) is 24.3 Å². The van der Waals surface area contributed by atoms with Crippen LogP contribution in [0.25, 0.3) is 12.2 Å². The third kappa shape index (κ3) is 4.40. The van der Waals surface area contributed by atoms with Gasteiger partial charge in [0.2, 0.25) is 0 Å². The number of nitrogens with zero attached hydrogens (tertiary/aromatic N) is 2. The summed E-state index contributed by atoms with van der Waals surface area (Å²) in [6.45, 7) is 1.02. The van der Waals surface area contributed by atoms with Gasteiger partial charge in [0.05, 0.1) is 23.1 Å². The van der Waals surface area contributed by atoms with Gasteiger partial charge in [-0.2, -0.15) is 0 Å². The Morgan fingerprint density at radius 3 is 1.46 bits per heavy atom. The average Bonchev–Trinajstić information content (AvgIpc) is 2.63. The van der Waals surface area contributed by atoms with E-state index in [1.165, 1.54) is 24.3 Å². The summed E-state index contributed by atoms with van der Waals surface area (Å²) in [6, 6.07) is 12.7. The van der Waals surface area contributed by atoms with E-state index >= 15 is 0 Å². The minimum absolute atomic E-state index is 0.0609. The van der Waals surface area contributed by atoms with Gasteiger partial charge in [0.25, 0.3) is 11.4 Å². The topological polar surface area (TPSA) is 95.5 Å². The van der Waals surface area contributed by atoms with Gasteiger partial charge < -0.3 is 4.74 Å². The Morgan fingerprint density at radius 1 is 0.731 bits per heavy atom. The third-order valence-electron chi connectivity index (χ3n) is 3.98. The molecule has 0 bridgehead atoms. The van der Waals surface area contributed by atoms with Crippen LogP contribution in [0.5, 0.6) is 0 Å². The van der Waals surface area contributed by atoms with Gasteiger partial charge in [0, 0.05) is 24.3 Å². The highest BCUT2D eigenvalue weighted by molar-refractivity contribution is 5.60. The van der Waals surface area contributed by atoms with Crippen LogP contribution < -0.4 is 0 Å². The van der Waals surface area contributed by atoms with Crippen molar-refractivity contribution in [3.8, 4) is 0 Å². The first-order chi connectivity index (χ1) is 12.5. The highest BCUT2D eigenvalue weighted by Gasteiger charge is 2.12. The molecule has 0 radical (unpaired) electrons. The predicted octanol–water partition coefficient (Wildman–Crippen LogP) is 4.39. The summed E-state index contributed by atoms with van der Waals surface area (Å²) in [4.78, 5) is 20.6. The first-order valence-corrected chi connectivity index (χ1v) is 7.97. The Hall–Kier alpha value is -3.32. The molecule has 2 aromatic rings. The SMILES string of the molecule is O=[N+]([O-])c1ccc(C=C2COCC(=Cc3ccc([N+](=O)[O-])cc3)C2)cc1. The molecule has 1 saturated heterocycles. The van der Waals surface area contributed by atoms with Crippen molar-refractivity contribution in [2.24, 2.45) is 0 Å². The van der Waals surface area contributed by atoms with Crippen LogP contribution in [0.1, 0.15) is 17.5 Å². The lowest BCUT2D eigenvalue weighted by Crippen LogP contribution is -2.11. The summed E-state index contributed by atoms with van der Waals surface area (Å²) in [5, 5.41) is 21.4. The summed E-state index contributed by atoms with van der Waals surface area (Å²) < 4.78 is 5.61. The Morgan fingerprint density at radius 2 is 1.12 bits per heavy atom. The van der Waals surface area contributed by atoms with Crippen molar-refractivity contribution in [1.29, 1.82) is 0 Å². The molecule has 0 N–H and O–H groups in total. The largest absolute Gasteiger partial charge is 0.373 e. The van der Waals surface area contributed by atoms with E-state index in [0.717, 1.165) is 28.7 Å². The lowest BCUT2D eigenvalue weighted by Gasteiger charge is -2.18. The van der Waals surface area contributed by atoms with Gasteiger partial charge in [-0.1, -0.05) is 12.2 Å². The van der Waals surface area contributed by atoms with Crippen LogP contribution in [0.4, 0.5) is 11.4 Å². The molecular formula is C19H16N2O5. The molecule has 2 aromatic carbocycles. The Bertz CT molecular complexity index is 810. The Labute approximate surface area is 149 Å². The zero-order chi connectivity index (χ0) is 18.5. The Balaban J connectivity index is 1.73. The van der Waals surface area contributed by atoms with E-state index in [-0.39, 0.29) is 11.4 Å². The molecule has 1 aliphatic heterocycles. The van der Waals surface area contributed by atoms with Crippen molar-refractivity contribution in [2.45, 2.75) is 6.42 Å². The zero-order valence-electron chi connectivity index (χ0n) is 13.8. The number of ether oxygens (including phenoxy) is 1. The Kier molecular flexibility index (Phi) is 5.19. The van der Waals surface area contributed by atoms with Crippen molar-refractivity contribution in [3.63, 3.8) is 0 Å². The van der Waals surface area contributed by atoms with Gasteiger partial charge in [0.1, 0.15) is 0 Å². The molecule has 0 saturated carbocycles. The minimum atomic E-state index is -0.425. The van der Waals surface area contributed by atoms with Gasteiger partial charge in [-0.15, -0.1) is 0 Å². The molecule has 0 atom stereocenters. The number of non-ortho nitro benzene ring substituents is 2. The van der Waals surface area contributed by atoms with Gasteiger partial charge in [0.15, 0.2) is 0 Å². The van der Waals surface area contributed by atoms with Gasteiger partial charge >= 0.3 is 0 Å². The molecule has 1 fully saturated rings. The molecule has 0 unspecified atom stereocenters. The maximum atomic E-state index is 10.7. The molecule has 1 heterocycles. The number of hydrogen-bond acceptors (Lipinski definition) is 5. The summed E-state index contributed by atoms with van der Waals surface area (Å²) in [5.74, 6) is 0. The number of rotatable bonds is 4. The second kappa shape index (κ2) is 7.71. The van der Waals surface area contributed by atoms with Gasteiger partial charge in [-0.3, -0.25) is 20.2 Å². The van der Waals surface area contributed by atoms with E-state index in [4.69, 9.17) is 4.74 Å². The monoisotopic (exact) mass is 352 g/mol. The standard InChI is InChI=1S/C19H16N2O5/c22-20(23)18-5-1-14(2-6-18)9-16-11-17(13-26-12-16)10-15-3-7-19(8-4-15)21(24)25/h1-10H,11-13H2. The van der Waals surface area contributed by atoms with Crippen LogP contribution in [0.15, 0.2) is 59.7 Å². The van der Waals surface area contributed by atoms with E-state index in [0.29, 0.717) is 13.2 Å². The van der Waals surface area contributed by atoms with Crippen molar-refractivity contribution in [3.05, 3.63) is 91.0 Å². The molecule has 0 amide bonds. The molecule has 1 aliphatic rings. The first-order valence-electron chi connectivity index (χ1n) is 7.97. The number of nitro benzene ring substituents is 2. The molecule has 3 rings (SSSR count). The molecular weight excluding hydrogens is 336 g/mol. The van der Waals surface area contributed by atoms with E-state index in [9.17, 15) is 20.2 Å². The number of hydrogen-bond donors (Lipinski definition) is 0. The van der Waals surface area contributed by atoms with E-state index < -0.39 is 9.85 Å². The van der Waals surface area contributed by atoms with Crippen LogP contribution in [-0.4, -0.2) is 23.1 Å². The first kappa shape index (κ1) is 17.5. The van der Waals surface area contributed by atoms with Crippen LogP contribution in [0.3, 0.4) is 0 Å². The van der Waals surface area contributed by atoms with Crippen LogP contribution in [0, 0.1) is 20.2 Å². The summed E-state index contributed by atoms with van der Waals surface area (Å²) in [5.41, 5.74) is 4.02. The summed E-state index contributed by atoms with van der Waals surface area (Å²) in [7, 11) is 0. The quantitative estimate of drug-likeness (QED) is 0.600. The van der Waals surface area contributed by atoms with Crippen molar-refractivity contribution in [2.75, 3.05) is 13.2 Å². The fourth-order valence-electron chi connectivity index (χ4n) is 2.75. The summed E-state index contributed by atoms with van der Waals surface area (Å²) in [6.07, 6.45) is 4.66. The van der Waals surface area contributed by atoms with E-state index in [2.05, 4.69) is 0 Å². The lowest BCUT2D eigenvalue weighted by atomic mass is 9.99. The molecule has 132 valence electrons. The average molecular weight is 352 g/mol. The molecule has 26 heavy (non-hydrogen) atoms. The smallest absolute Gasteiger partial charge is 0.269 e. The van der Waals surface area contributed by atoms with Crippen LogP contribution in [0.2, 0.25) is 0 Å². The van der Waals surface area contributed by atoms with Crippen molar-refractivity contribution >= 4 is 23.5 Å². The predicted molar refractivity (Wildman–Crippen MR) is 97.6 cm³/mol. The minimum Gasteiger partial charge on any atom is -0.373 e. The highest BCUT2D eigenvalue weighted by Crippen LogP contribution is 2.24. The molecule has 0 aromatic heterocycles. The lowest BCUT2D eigenvalue weighted by molar-refractivity contribution is -0.385. The maximum Gasteiger partial charge on any atom is 0.269 e. The maximum absolute atomic E-state index is 10.7. The number of benzene rings is 2. The van der Waals surface area contributed by atoms with Crippen LogP contribution in [-0.2, 0) is 4.74 Å². The van der Waals surface area contributed by atoms with Gasteiger partial charge in [-0.25, -0.2) is 0 Å². The third-order valence-corrected chi connectivity index (χ3v) is 3.98. The van der Waals surface area contributed by atoms with Crippen molar-refractivity contribution in [1.82, 2.24) is 0 Å². The fraction of sp³-hybridized carbons (Fsp3) is 0.158. The fourth-order valence-corrected chi connectivity index (χ4v) is 2.75. The molecule has 0 spiro atoms. The molecule has 0 aliphatic carbocycles. The highest BCUT2D eigenvalue weighted by atomic mass is 16.6. The zero-order valence-corrected chi connectivity index (χ0v) is 13.8. The normalized spacial score (nSPS) is 17.4. The summed E-state index contributed by atoms with van der Waals surface area (Å²) >= 11 is 0. The molecule has 7 nitrogen and oxygen atoms in total. The second-order valence-electron chi connectivity index (χ2n) is 5.97. The van der Waals surface area contributed by atoms with E-state index in [1.807, 2.05) is 12.2 Å². The molecule has 7 heteroatoms. The van der Waals surface area contributed by atoms with Crippen molar-refractivity contribution < 1.29 is 14.6 Å².